The predicted octanol–water partition coefficient (Wildman–Crippen LogP) is 4.69. The second-order valence-corrected chi connectivity index (χ2v) is 16.2. The third-order valence-corrected chi connectivity index (χ3v) is 12.4. The summed E-state index contributed by atoms with van der Waals surface area (Å²) < 4.78 is 21.5. The molecule has 16 heteroatoms. The third-order valence-electron chi connectivity index (χ3n) is 12.0. The van der Waals surface area contributed by atoms with Crippen molar-refractivity contribution >= 4 is 46.7 Å². The topological polar surface area (TPSA) is 164 Å². The number of anilines is 2. The minimum Gasteiger partial charge on any atom is -0.490 e. The minimum atomic E-state index is -0.944. The Morgan fingerprint density at radius 1 is 0.914 bits per heavy atom. The maximum Gasteiger partial charge on any atom is 0.272 e. The Morgan fingerprint density at radius 3 is 2.29 bits per heavy atom. The van der Waals surface area contributed by atoms with E-state index in [4.69, 9.17) is 21.6 Å². The summed E-state index contributed by atoms with van der Waals surface area (Å²) in [6, 6.07) is 12.4. The number of carbonyl (C=O) groups is 4. The molecular formula is C42H45ClFN9O5. The van der Waals surface area contributed by atoms with Crippen molar-refractivity contribution < 1.29 is 28.3 Å². The van der Waals surface area contributed by atoms with E-state index in [0.717, 1.165) is 88.0 Å². The molecule has 4 amide bonds. The molecule has 4 aliphatic heterocycles. The van der Waals surface area contributed by atoms with Gasteiger partial charge in [-0.05, 0) is 93.7 Å². The van der Waals surface area contributed by atoms with Gasteiger partial charge in [-0.25, -0.2) is 4.39 Å². The summed E-state index contributed by atoms with van der Waals surface area (Å²) in [6.45, 7) is 8.96. The smallest absolute Gasteiger partial charge is 0.272 e. The number of carbonyl (C=O) groups excluding carboxylic acids is 4. The van der Waals surface area contributed by atoms with E-state index >= 15 is 4.39 Å². The van der Waals surface area contributed by atoms with Gasteiger partial charge in [-0.3, -0.25) is 29.0 Å². The molecule has 2 aromatic carbocycles. The van der Waals surface area contributed by atoms with Crippen molar-refractivity contribution in [2.75, 3.05) is 55.6 Å². The molecule has 58 heavy (non-hydrogen) atoms. The Balaban J connectivity index is 0.764. The number of amides is 4. The van der Waals surface area contributed by atoms with E-state index in [0.29, 0.717) is 53.1 Å². The number of nitrogens with zero attached hydrogens (tertiary/aromatic N) is 7. The average molecular weight is 810 g/mol. The molecule has 5 heterocycles. The highest BCUT2D eigenvalue weighted by Gasteiger charge is 2.45. The van der Waals surface area contributed by atoms with Crippen molar-refractivity contribution in [1.82, 2.24) is 30.6 Å². The van der Waals surface area contributed by atoms with E-state index in [-0.39, 0.29) is 41.3 Å². The fourth-order valence-corrected chi connectivity index (χ4v) is 8.95. The zero-order chi connectivity index (χ0) is 40.5. The molecule has 1 aliphatic carbocycles. The third kappa shape index (κ3) is 8.21. The summed E-state index contributed by atoms with van der Waals surface area (Å²) in [5.74, 6) is -0.604. The number of benzene rings is 2. The number of allylic oxidation sites excluding steroid dienone is 1. The second kappa shape index (κ2) is 16.7. The summed E-state index contributed by atoms with van der Waals surface area (Å²) >= 11 is 6.14. The summed E-state index contributed by atoms with van der Waals surface area (Å²) in [6.07, 6.45) is 5.82. The number of piperidine rings is 2. The van der Waals surface area contributed by atoms with Crippen LogP contribution in [0.15, 0.2) is 54.7 Å². The van der Waals surface area contributed by atoms with Crippen LogP contribution in [0.25, 0.3) is 0 Å². The van der Waals surface area contributed by atoms with Gasteiger partial charge in [0.2, 0.25) is 5.91 Å². The van der Waals surface area contributed by atoms with Crippen LogP contribution in [0.5, 0.6) is 5.75 Å². The van der Waals surface area contributed by atoms with E-state index < -0.39 is 29.6 Å². The Morgan fingerprint density at radius 2 is 1.64 bits per heavy atom. The lowest BCUT2D eigenvalue weighted by molar-refractivity contribution is -0.125. The van der Waals surface area contributed by atoms with Gasteiger partial charge in [0.15, 0.2) is 11.5 Å². The predicted molar refractivity (Wildman–Crippen MR) is 213 cm³/mol. The molecule has 302 valence electrons. The van der Waals surface area contributed by atoms with Gasteiger partial charge >= 0.3 is 0 Å². The molecule has 3 saturated heterocycles. The number of ether oxygens (including phenoxy) is 1. The highest BCUT2D eigenvalue weighted by Crippen LogP contribution is 2.34. The van der Waals surface area contributed by atoms with Crippen molar-refractivity contribution in [3.8, 4) is 11.8 Å². The van der Waals surface area contributed by atoms with Crippen LogP contribution in [-0.4, -0.2) is 108 Å². The van der Waals surface area contributed by atoms with E-state index in [1.165, 1.54) is 6.07 Å². The summed E-state index contributed by atoms with van der Waals surface area (Å²) in [5, 5.41) is 23.8. The standard InChI is InChI=1S/C42H45ClFN9O5/c1-25-2-10-36(40(55)46-25)53-41(56)31-21-34(44)37(22-32(31)42(53)57)51-18-16-50(17-19-51)24-26-12-14-52(15-13-26)38-11-9-35(48-49-38)39(54)47-28-4-7-29(8-5-28)58-30-6-3-27(23-45)33(43)20-30/h3,6,9,11,20-22,26,28-29,36H,1-2,4-5,7-8,10,12-19,24H2,(H,46,55)(H,47,54). The van der Waals surface area contributed by atoms with Crippen LogP contribution in [0, 0.1) is 23.1 Å². The molecule has 5 aliphatic rings. The lowest BCUT2D eigenvalue weighted by Crippen LogP contribution is -2.51. The molecule has 0 bridgehead atoms. The molecule has 1 saturated carbocycles. The van der Waals surface area contributed by atoms with Gasteiger partial charge in [0, 0.05) is 63.6 Å². The highest BCUT2D eigenvalue weighted by atomic mass is 35.5. The highest BCUT2D eigenvalue weighted by molar-refractivity contribution is 6.31. The number of halogens is 2. The van der Waals surface area contributed by atoms with Crippen LogP contribution in [0.2, 0.25) is 5.02 Å². The van der Waals surface area contributed by atoms with Crippen LogP contribution >= 0.6 is 11.6 Å². The number of aromatic nitrogens is 2. The molecule has 2 N–H and O–H groups in total. The van der Waals surface area contributed by atoms with Gasteiger partial charge in [0.05, 0.1) is 33.5 Å². The molecule has 1 atom stereocenters. The molecule has 3 aromatic rings. The SMILES string of the molecule is C=C1CCC(N2C(=O)c3cc(F)c(N4CCN(CC5CCN(c6ccc(C(=O)NC7CCC(Oc8ccc(C#N)c(Cl)c8)CC7)nn6)CC5)CC4)cc3C2=O)C(=O)N1. The van der Waals surface area contributed by atoms with Gasteiger partial charge in [-0.2, -0.15) is 5.26 Å². The van der Waals surface area contributed by atoms with E-state index in [1.807, 2.05) is 17.0 Å². The number of nitrogens with one attached hydrogen (secondary N) is 2. The number of rotatable bonds is 9. The Kier molecular flexibility index (Phi) is 11.3. The first kappa shape index (κ1) is 39.2. The summed E-state index contributed by atoms with van der Waals surface area (Å²) in [7, 11) is 0. The first-order valence-electron chi connectivity index (χ1n) is 20.0. The first-order chi connectivity index (χ1) is 28.0. The zero-order valence-corrected chi connectivity index (χ0v) is 32.8. The van der Waals surface area contributed by atoms with Crippen molar-refractivity contribution in [3.05, 3.63) is 88.0 Å². The van der Waals surface area contributed by atoms with Crippen molar-refractivity contribution in [2.24, 2.45) is 5.92 Å². The molecule has 1 unspecified atom stereocenters. The molecular weight excluding hydrogens is 765 g/mol. The Hall–Kier alpha value is -5.59. The van der Waals surface area contributed by atoms with Gasteiger partial charge < -0.3 is 25.2 Å². The lowest BCUT2D eigenvalue weighted by atomic mass is 9.93. The van der Waals surface area contributed by atoms with Gasteiger partial charge in [0.25, 0.3) is 17.7 Å². The van der Waals surface area contributed by atoms with Crippen molar-refractivity contribution in [2.45, 2.75) is 69.6 Å². The molecule has 14 nitrogen and oxygen atoms in total. The van der Waals surface area contributed by atoms with Gasteiger partial charge in [-0.15, -0.1) is 10.2 Å². The van der Waals surface area contributed by atoms with Crippen LogP contribution in [0.3, 0.4) is 0 Å². The zero-order valence-electron chi connectivity index (χ0n) is 32.1. The number of hydrogen-bond donors (Lipinski definition) is 2. The monoisotopic (exact) mass is 809 g/mol. The fourth-order valence-electron chi connectivity index (χ4n) is 8.73. The first-order valence-corrected chi connectivity index (χ1v) is 20.4. The lowest BCUT2D eigenvalue weighted by Gasteiger charge is -2.39. The van der Waals surface area contributed by atoms with Crippen molar-refractivity contribution in [1.29, 1.82) is 5.26 Å². The van der Waals surface area contributed by atoms with E-state index in [1.54, 1.807) is 24.3 Å². The van der Waals surface area contributed by atoms with Crippen LogP contribution < -0.4 is 25.2 Å². The van der Waals surface area contributed by atoms with Crippen LogP contribution in [0.4, 0.5) is 15.9 Å². The Labute approximate surface area is 340 Å². The second-order valence-electron chi connectivity index (χ2n) is 15.8. The summed E-state index contributed by atoms with van der Waals surface area (Å²) in [5.41, 5.74) is 1.65. The number of hydrogen-bond acceptors (Lipinski definition) is 11. The maximum atomic E-state index is 15.4. The summed E-state index contributed by atoms with van der Waals surface area (Å²) in [4.78, 5) is 59.6. The van der Waals surface area contributed by atoms with Gasteiger partial charge in [-0.1, -0.05) is 18.2 Å². The number of piperazine rings is 1. The normalized spacial score (nSPS) is 23.1. The molecule has 0 spiro atoms. The van der Waals surface area contributed by atoms with Gasteiger partial charge in [0.1, 0.15) is 23.7 Å². The maximum absolute atomic E-state index is 15.4. The van der Waals surface area contributed by atoms with Crippen molar-refractivity contribution in [3.63, 3.8) is 0 Å². The molecule has 1 aromatic heterocycles. The Bertz CT molecular complexity index is 2160. The minimum absolute atomic E-state index is 0.00813. The van der Waals surface area contributed by atoms with E-state index in [2.05, 4.69) is 37.2 Å². The molecule has 0 radical (unpaired) electrons. The average Bonchev–Trinajstić information content (AvgIpc) is 3.46. The van der Waals surface area contributed by atoms with E-state index in [9.17, 15) is 19.2 Å². The van der Waals surface area contributed by atoms with Crippen LogP contribution in [0.1, 0.15) is 88.1 Å². The number of nitriles is 1. The molecule has 4 fully saturated rings. The number of fused-ring (bicyclic) bond motifs is 1. The molecule has 8 rings (SSSR count). The number of imide groups is 1. The van der Waals surface area contributed by atoms with Crippen LogP contribution in [-0.2, 0) is 4.79 Å². The quantitative estimate of drug-likeness (QED) is 0.289. The fraction of sp³-hybridized carbons (Fsp3) is 0.452. The largest absolute Gasteiger partial charge is 0.490 e.